The van der Waals surface area contributed by atoms with E-state index in [2.05, 4.69) is 55.6 Å². The standard InChI is InChI=1S/C12H26BrN/c1-6-8-11(9-13)10-14(5)12(3,4)7-2/h11H,6-10H2,1-5H3. The molecule has 0 aromatic heterocycles. The predicted molar refractivity (Wildman–Crippen MR) is 69.2 cm³/mol. The molecule has 86 valence electrons. The number of halogens is 1. The average Bonchev–Trinajstić information content (AvgIpc) is 2.16. The first kappa shape index (κ1) is 14.4. The molecule has 0 aromatic rings. The predicted octanol–water partition coefficient (Wildman–Crippen LogP) is 3.92. The van der Waals surface area contributed by atoms with Gasteiger partial charge in [-0.1, -0.05) is 36.2 Å². The van der Waals surface area contributed by atoms with Crippen LogP contribution in [0, 0.1) is 5.92 Å². The first-order valence-electron chi connectivity index (χ1n) is 5.75. The molecule has 1 atom stereocenters. The summed E-state index contributed by atoms with van der Waals surface area (Å²) in [5, 5.41) is 1.13. The van der Waals surface area contributed by atoms with Gasteiger partial charge in [0.2, 0.25) is 0 Å². The van der Waals surface area contributed by atoms with Gasteiger partial charge in [-0.15, -0.1) is 0 Å². The van der Waals surface area contributed by atoms with E-state index in [1.165, 1.54) is 25.8 Å². The monoisotopic (exact) mass is 263 g/mol. The van der Waals surface area contributed by atoms with E-state index >= 15 is 0 Å². The van der Waals surface area contributed by atoms with Crippen LogP contribution in [-0.4, -0.2) is 29.4 Å². The Hall–Kier alpha value is 0.440. The zero-order chi connectivity index (χ0) is 11.2. The van der Waals surface area contributed by atoms with Crippen LogP contribution in [0.1, 0.15) is 47.0 Å². The Morgan fingerprint density at radius 3 is 2.21 bits per heavy atom. The third-order valence-corrected chi connectivity index (χ3v) is 4.26. The van der Waals surface area contributed by atoms with E-state index in [0.29, 0.717) is 5.54 Å². The maximum Gasteiger partial charge on any atom is 0.0147 e. The summed E-state index contributed by atoms with van der Waals surface area (Å²) >= 11 is 3.61. The highest BCUT2D eigenvalue weighted by Crippen LogP contribution is 2.20. The van der Waals surface area contributed by atoms with Crippen molar-refractivity contribution in [3.63, 3.8) is 0 Å². The van der Waals surface area contributed by atoms with Crippen LogP contribution in [0.5, 0.6) is 0 Å². The summed E-state index contributed by atoms with van der Waals surface area (Å²) in [6.45, 7) is 10.4. The van der Waals surface area contributed by atoms with Crippen molar-refractivity contribution >= 4 is 15.9 Å². The van der Waals surface area contributed by atoms with Crippen LogP contribution in [-0.2, 0) is 0 Å². The summed E-state index contributed by atoms with van der Waals surface area (Å²) in [7, 11) is 2.24. The minimum absolute atomic E-state index is 0.341. The van der Waals surface area contributed by atoms with Crippen molar-refractivity contribution in [1.82, 2.24) is 4.90 Å². The van der Waals surface area contributed by atoms with E-state index in [4.69, 9.17) is 0 Å². The van der Waals surface area contributed by atoms with Gasteiger partial charge in [-0.05, 0) is 39.7 Å². The third-order valence-electron chi connectivity index (χ3n) is 3.35. The summed E-state index contributed by atoms with van der Waals surface area (Å²) in [6.07, 6.45) is 3.83. The molecular weight excluding hydrogens is 238 g/mol. The molecule has 0 aliphatic rings. The first-order chi connectivity index (χ1) is 6.47. The molecule has 0 radical (unpaired) electrons. The third kappa shape index (κ3) is 4.79. The lowest BCUT2D eigenvalue weighted by molar-refractivity contribution is 0.130. The Kier molecular flexibility index (Phi) is 7.05. The van der Waals surface area contributed by atoms with Crippen LogP contribution in [0.3, 0.4) is 0 Å². The molecule has 0 saturated carbocycles. The van der Waals surface area contributed by atoms with Crippen molar-refractivity contribution in [2.75, 3.05) is 18.9 Å². The van der Waals surface area contributed by atoms with Gasteiger partial charge in [0.1, 0.15) is 0 Å². The fourth-order valence-corrected chi connectivity index (χ4v) is 2.06. The van der Waals surface area contributed by atoms with Gasteiger partial charge in [0.25, 0.3) is 0 Å². The largest absolute Gasteiger partial charge is 0.301 e. The molecule has 0 spiro atoms. The van der Waals surface area contributed by atoms with Gasteiger partial charge in [0.05, 0.1) is 0 Å². The molecule has 0 aliphatic carbocycles. The number of alkyl halides is 1. The van der Waals surface area contributed by atoms with Gasteiger partial charge in [0, 0.05) is 17.4 Å². The molecule has 1 nitrogen and oxygen atoms in total. The zero-order valence-electron chi connectivity index (χ0n) is 10.4. The molecule has 2 heteroatoms. The maximum absolute atomic E-state index is 3.61. The van der Waals surface area contributed by atoms with Crippen LogP contribution in [0.2, 0.25) is 0 Å². The number of rotatable bonds is 7. The Morgan fingerprint density at radius 1 is 1.29 bits per heavy atom. The van der Waals surface area contributed by atoms with Crippen LogP contribution in [0.4, 0.5) is 0 Å². The Balaban J connectivity index is 4.07. The molecule has 0 saturated heterocycles. The molecule has 0 aromatic carbocycles. The highest BCUT2D eigenvalue weighted by atomic mass is 79.9. The smallest absolute Gasteiger partial charge is 0.0147 e. The first-order valence-corrected chi connectivity index (χ1v) is 6.87. The average molecular weight is 264 g/mol. The van der Waals surface area contributed by atoms with Crippen molar-refractivity contribution < 1.29 is 0 Å². The second-order valence-electron chi connectivity index (χ2n) is 4.86. The molecule has 0 heterocycles. The minimum Gasteiger partial charge on any atom is -0.301 e. The fraction of sp³-hybridized carbons (Fsp3) is 1.00. The highest BCUT2D eigenvalue weighted by molar-refractivity contribution is 9.09. The van der Waals surface area contributed by atoms with E-state index in [9.17, 15) is 0 Å². The van der Waals surface area contributed by atoms with Crippen LogP contribution < -0.4 is 0 Å². The molecule has 0 rings (SSSR count). The summed E-state index contributed by atoms with van der Waals surface area (Å²) in [5.74, 6) is 0.802. The lowest BCUT2D eigenvalue weighted by Crippen LogP contribution is -2.43. The Labute approximate surface area is 98.4 Å². The lowest BCUT2D eigenvalue weighted by Gasteiger charge is -2.37. The van der Waals surface area contributed by atoms with Gasteiger partial charge in [-0.3, -0.25) is 0 Å². The number of hydrogen-bond acceptors (Lipinski definition) is 1. The van der Waals surface area contributed by atoms with Gasteiger partial charge < -0.3 is 4.90 Å². The van der Waals surface area contributed by atoms with E-state index in [0.717, 1.165) is 11.2 Å². The minimum atomic E-state index is 0.341. The van der Waals surface area contributed by atoms with Gasteiger partial charge in [-0.25, -0.2) is 0 Å². The van der Waals surface area contributed by atoms with Crippen LogP contribution >= 0.6 is 15.9 Å². The van der Waals surface area contributed by atoms with Crippen molar-refractivity contribution in [3.8, 4) is 0 Å². The van der Waals surface area contributed by atoms with Gasteiger partial charge in [0.15, 0.2) is 0 Å². The second kappa shape index (κ2) is 6.84. The molecule has 0 bridgehead atoms. The molecule has 0 fully saturated rings. The van der Waals surface area contributed by atoms with E-state index in [1.54, 1.807) is 0 Å². The fourth-order valence-electron chi connectivity index (χ4n) is 1.53. The quantitative estimate of drug-likeness (QED) is 0.630. The number of hydrogen-bond donors (Lipinski definition) is 0. The van der Waals surface area contributed by atoms with Crippen LogP contribution in [0.25, 0.3) is 0 Å². The summed E-state index contributed by atoms with van der Waals surface area (Å²) < 4.78 is 0. The molecule has 14 heavy (non-hydrogen) atoms. The van der Waals surface area contributed by atoms with Crippen molar-refractivity contribution in [2.45, 2.75) is 52.5 Å². The Bertz CT molecular complexity index is 145. The van der Waals surface area contributed by atoms with Gasteiger partial charge >= 0.3 is 0 Å². The number of nitrogens with zero attached hydrogens (tertiary/aromatic N) is 1. The summed E-state index contributed by atoms with van der Waals surface area (Å²) in [4.78, 5) is 2.49. The zero-order valence-corrected chi connectivity index (χ0v) is 12.0. The van der Waals surface area contributed by atoms with E-state index < -0.39 is 0 Å². The molecule has 0 N–H and O–H groups in total. The summed E-state index contributed by atoms with van der Waals surface area (Å²) in [6, 6.07) is 0. The maximum atomic E-state index is 3.61. The molecular formula is C12H26BrN. The molecule has 1 unspecified atom stereocenters. The Morgan fingerprint density at radius 2 is 1.86 bits per heavy atom. The summed E-state index contributed by atoms with van der Waals surface area (Å²) in [5.41, 5.74) is 0.341. The molecule has 0 amide bonds. The van der Waals surface area contributed by atoms with E-state index in [1.807, 2.05) is 0 Å². The topological polar surface area (TPSA) is 3.24 Å². The highest BCUT2D eigenvalue weighted by Gasteiger charge is 2.22. The molecule has 0 aliphatic heterocycles. The SMILES string of the molecule is CCCC(CBr)CN(C)C(C)(C)CC. The normalized spacial score (nSPS) is 14.8. The van der Waals surface area contributed by atoms with Crippen molar-refractivity contribution in [3.05, 3.63) is 0 Å². The second-order valence-corrected chi connectivity index (χ2v) is 5.50. The van der Waals surface area contributed by atoms with E-state index in [-0.39, 0.29) is 0 Å². The lowest BCUT2D eigenvalue weighted by atomic mass is 9.97. The van der Waals surface area contributed by atoms with Gasteiger partial charge in [-0.2, -0.15) is 0 Å². The van der Waals surface area contributed by atoms with Crippen LogP contribution in [0.15, 0.2) is 0 Å². The van der Waals surface area contributed by atoms with Crippen molar-refractivity contribution in [2.24, 2.45) is 5.92 Å². The van der Waals surface area contributed by atoms with Crippen molar-refractivity contribution in [1.29, 1.82) is 0 Å².